The molecule has 0 aliphatic heterocycles. The zero-order valence-corrected chi connectivity index (χ0v) is 17.1. The van der Waals surface area contributed by atoms with Crippen molar-refractivity contribution < 1.29 is 39.3 Å². The first-order valence-corrected chi connectivity index (χ1v) is 11.1. The van der Waals surface area contributed by atoms with Gasteiger partial charge in [0.25, 0.3) is 0 Å². The third-order valence-corrected chi connectivity index (χ3v) is 6.58. The summed E-state index contributed by atoms with van der Waals surface area (Å²) in [6.45, 7) is 2.04. The number of hydrogen-bond acceptors (Lipinski definition) is 3. The molecule has 0 fully saturated rings. The zero-order chi connectivity index (χ0) is 22.7. The van der Waals surface area contributed by atoms with Gasteiger partial charge in [0, 0.05) is 17.0 Å². The van der Waals surface area contributed by atoms with Gasteiger partial charge in [-0.1, -0.05) is 43.7 Å². The molecule has 0 radical (unpaired) electrons. The van der Waals surface area contributed by atoms with E-state index in [0.29, 0.717) is 15.0 Å². The number of hydrogen-bond donors (Lipinski definition) is 0. The summed E-state index contributed by atoms with van der Waals surface area (Å²) in [4.78, 5) is 0.401. The van der Waals surface area contributed by atoms with E-state index in [0.717, 1.165) is 24.0 Å². The van der Waals surface area contributed by atoms with E-state index in [2.05, 4.69) is 0 Å². The van der Waals surface area contributed by atoms with E-state index >= 15 is 0 Å². The van der Waals surface area contributed by atoms with Gasteiger partial charge in [-0.3, -0.25) is 0 Å². The topological polar surface area (TPSA) is 57.2 Å². The molecule has 3 rings (SSSR count). The molecule has 0 saturated heterocycles. The highest BCUT2D eigenvalue weighted by Crippen LogP contribution is 2.54. The Labute approximate surface area is 171 Å². The third-order valence-electron chi connectivity index (χ3n) is 3.96. The van der Waals surface area contributed by atoms with E-state index in [4.69, 9.17) is 13.0 Å². The van der Waals surface area contributed by atoms with Crippen molar-refractivity contribution in [2.24, 2.45) is 0 Å². The Kier molecular flexibility index (Phi) is 7.20. The van der Waals surface area contributed by atoms with E-state index in [1.807, 2.05) is 31.2 Å². The zero-order valence-electron chi connectivity index (χ0n) is 15.4. The van der Waals surface area contributed by atoms with Gasteiger partial charge in [0.15, 0.2) is 19.7 Å². The highest BCUT2D eigenvalue weighted by molar-refractivity contribution is 7.86. The summed E-state index contributed by atoms with van der Waals surface area (Å²) in [7, 11) is -7.95. The van der Waals surface area contributed by atoms with E-state index in [-0.39, 0.29) is 0 Å². The van der Waals surface area contributed by atoms with Crippen LogP contribution in [0.25, 0.3) is 20.5 Å². The van der Waals surface area contributed by atoms with Crippen molar-refractivity contribution in [3.63, 3.8) is 0 Å². The number of thiophene rings is 1. The van der Waals surface area contributed by atoms with Crippen LogP contribution >= 0.6 is 10.5 Å². The van der Waals surface area contributed by atoms with Gasteiger partial charge in [0.1, 0.15) is 10.5 Å². The minimum atomic E-state index is -6.09. The van der Waals surface area contributed by atoms with Crippen molar-refractivity contribution in [2.45, 2.75) is 30.8 Å². The van der Waals surface area contributed by atoms with E-state index < -0.39 is 31.6 Å². The standard InChI is InChI=1S/C18H16F3S.CHF3O3S/c1-2-7-13-8-3-5-10-15(13)17-12-14-9-4-6-11-16(14)22(17)18(19,20)21;2-1(3,4)8(5,6)7/h3-6,8-12H,2,7H2,1H3;(H,5,6,7)/q+1;/p-1. The molecule has 1 unspecified atom stereocenters. The average Bonchev–Trinajstić information content (AvgIpc) is 3.01. The van der Waals surface area contributed by atoms with Gasteiger partial charge in [-0.05, 0) is 30.2 Å². The average molecular weight is 470 g/mol. The van der Waals surface area contributed by atoms with Crippen molar-refractivity contribution in [3.8, 4) is 10.4 Å². The Balaban J connectivity index is 0.000000343. The molecule has 1 atom stereocenters. The Morgan fingerprint density at radius 1 is 0.933 bits per heavy atom. The molecule has 0 saturated carbocycles. The van der Waals surface area contributed by atoms with E-state index in [1.165, 1.54) is 0 Å². The quantitative estimate of drug-likeness (QED) is 0.184. The SMILES string of the molecule is CCCc1ccccc1-c1cc2ccccc2[s+]1C(F)(F)F.O=S(=O)([O-])C(F)(F)F. The van der Waals surface area contributed by atoms with Crippen LogP contribution in [0.4, 0.5) is 26.3 Å². The molecule has 164 valence electrons. The molecule has 1 heterocycles. The van der Waals surface area contributed by atoms with E-state index in [9.17, 15) is 26.3 Å². The van der Waals surface area contributed by atoms with Crippen LogP contribution in [0, 0.1) is 0 Å². The van der Waals surface area contributed by atoms with Gasteiger partial charge in [-0.25, -0.2) is 8.42 Å². The van der Waals surface area contributed by atoms with Crippen molar-refractivity contribution >= 4 is 30.7 Å². The predicted molar refractivity (Wildman–Crippen MR) is 103 cm³/mol. The first-order chi connectivity index (χ1) is 13.8. The maximum Gasteiger partial charge on any atom is 0.601 e. The molecule has 3 aromatic rings. The summed E-state index contributed by atoms with van der Waals surface area (Å²) >= 11 is 0. The fourth-order valence-electron chi connectivity index (χ4n) is 2.79. The lowest BCUT2D eigenvalue weighted by molar-refractivity contribution is -0.0864. The minimum Gasteiger partial charge on any atom is -0.741 e. The van der Waals surface area contributed by atoms with Crippen molar-refractivity contribution in [1.29, 1.82) is 0 Å². The van der Waals surface area contributed by atoms with Crippen molar-refractivity contribution in [1.82, 2.24) is 0 Å². The Morgan fingerprint density at radius 2 is 1.47 bits per heavy atom. The third kappa shape index (κ3) is 5.52. The number of alkyl halides is 6. The molecule has 11 heteroatoms. The van der Waals surface area contributed by atoms with Crippen LogP contribution < -0.4 is 0 Å². The molecule has 0 aliphatic rings. The summed E-state index contributed by atoms with van der Waals surface area (Å²) in [6.07, 6.45) is 1.70. The van der Waals surface area contributed by atoms with Crippen molar-refractivity contribution in [3.05, 3.63) is 60.2 Å². The lowest BCUT2D eigenvalue weighted by atomic mass is 10.0. The molecule has 3 nitrogen and oxygen atoms in total. The molecule has 0 aliphatic carbocycles. The van der Waals surface area contributed by atoms with Gasteiger partial charge < -0.3 is 4.55 Å². The number of benzene rings is 2. The first-order valence-electron chi connectivity index (χ1n) is 8.49. The fourth-order valence-corrected chi connectivity index (χ4v) is 4.77. The Bertz CT molecular complexity index is 1120. The normalized spacial score (nSPS) is 13.1. The Hall–Kier alpha value is -2.11. The maximum atomic E-state index is 13.7. The van der Waals surface area contributed by atoms with Crippen LogP contribution in [0.15, 0.2) is 54.6 Å². The minimum absolute atomic E-state index is 0.385. The molecular weight excluding hydrogens is 454 g/mol. The molecule has 0 N–H and O–H groups in total. The smallest absolute Gasteiger partial charge is 0.601 e. The number of halogens is 6. The van der Waals surface area contributed by atoms with Crippen LogP contribution in [0.3, 0.4) is 0 Å². The molecular formula is C19H16F6O3S2. The van der Waals surface area contributed by atoms with Crippen molar-refractivity contribution in [2.75, 3.05) is 0 Å². The summed E-state index contributed by atoms with van der Waals surface area (Å²) in [5, 5.41) is 0.685. The van der Waals surface area contributed by atoms with Crippen LogP contribution in [0.1, 0.15) is 18.9 Å². The van der Waals surface area contributed by atoms with Gasteiger partial charge in [-0.2, -0.15) is 13.2 Å². The summed E-state index contributed by atoms with van der Waals surface area (Å²) < 4.78 is 100. The van der Waals surface area contributed by atoms with E-state index in [1.54, 1.807) is 30.3 Å². The second-order valence-electron chi connectivity index (χ2n) is 6.11. The van der Waals surface area contributed by atoms with Gasteiger partial charge in [0.05, 0.1) is 0 Å². The number of aryl methyl sites for hydroxylation is 1. The summed E-state index contributed by atoms with van der Waals surface area (Å²) in [5.74, 6) is 0. The lowest BCUT2D eigenvalue weighted by Crippen LogP contribution is -2.21. The fraction of sp³-hybridized carbons (Fsp3) is 0.263. The highest BCUT2D eigenvalue weighted by atomic mass is 32.2. The van der Waals surface area contributed by atoms with Gasteiger partial charge >= 0.3 is 11.0 Å². The maximum absolute atomic E-state index is 13.7. The number of rotatable bonds is 3. The molecule has 2 aromatic carbocycles. The molecule has 0 bridgehead atoms. The van der Waals surface area contributed by atoms with Crippen LogP contribution in [-0.2, 0) is 22.0 Å². The second-order valence-corrected chi connectivity index (χ2v) is 9.43. The van der Waals surface area contributed by atoms with Gasteiger partial charge in [-0.15, -0.1) is 13.2 Å². The molecule has 0 amide bonds. The summed E-state index contributed by atoms with van der Waals surface area (Å²) in [6, 6.07) is 16.0. The van der Waals surface area contributed by atoms with Crippen LogP contribution in [-0.4, -0.2) is 18.5 Å². The molecule has 0 spiro atoms. The highest BCUT2D eigenvalue weighted by Gasteiger charge is 2.48. The Morgan fingerprint density at radius 3 is 2.00 bits per heavy atom. The summed E-state index contributed by atoms with van der Waals surface area (Å²) in [5.41, 5.74) is -8.17. The first kappa shape index (κ1) is 24.2. The molecule has 1 aromatic heterocycles. The van der Waals surface area contributed by atoms with Crippen LogP contribution in [0.2, 0.25) is 0 Å². The second kappa shape index (κ2) is 8.94. The monoisotopic (exact) mass is 470 g/mol. The predicted octanol–water partition coefficient (Wildman–Crippen LogP) is 6.74. The molecule has 30 heavy (non-hydrogen) atoms. The lowest BCUT2D eigenvalue weighted by Gasteiger charge is -2.08. The largest absolute Gasteiger partial charge is 0.741 e. The van der Waals surface area contributed by atoms with Crippen LogP contribution in [0.5, 0.6) is 0 Å². The van der Waals surface area contributed by atoms with Gasteiger partial charge in [0.2, 0.25) is 0 Å². The number of fused-ring (bicyclic) bond motifs is 1.